The van der Waals surface area contributed by atoms with E-state index in [1.807, 2.05) is 0 Å². The molecule has 0 radical (unpaired) electrons. The third-order valence-corrected chi connectivity index (χ3v) is 2.96. The highest BCUT2D eigenvalue weighted by molar-refractivity contribution is 5.20. The Balaban J connectivity index is 2.34. The molecule has 1 heterocycles. The number of hydrogen-bond donors (Lipinski definition) is 0. The minimum absolute atomic E-state index is 0.0267. The van der Waals surface area contributed by atoms with Gasteiger partial charge < -0.3 is 4.74 Å². The van der Waals surface area contributed by atoms with Crippen LogP contribution >= 0.6 is 0 Å². The quantitative estimate of drug-likeness (QED) is 0.791. The van der Waals surface area contributed by atoms with Crippen molar-refractivity contribution >= 4 is 0 Å². The van der Waals surface area contributed by atoms with Crippen LogP contribution < -0.4 is 21.4 Å². The molecule has 6 nitrogen and oxygen atoms in total. The van der Waals surface area contributed by atoms with Gasteiger partial charge in [0.1, 0.15) is 6.61 Å². The van der Waals surface area contributed by atoms with Crippen LogP contribution in [0.5, 0.6) is 5.75 Å². The van der Waals surface area contributed by atoms with Crippen molar-refractivity contribution in [2.45, 2.75) is 6.61 Å². The summed E-state index contributed by atoms with van der Waals surface area (Å²) < 4.78 is 7.71. The first-order chi connectivity index (χ1) is 9.50. The average Bonchev–Trinajstić information content (AvgIpc) is 2.64. The zero-order valence-corrected chi connectivity index (χ0v) is 11.2. The maximum Gasteiger partial charge on any atom is 0.330 e. The fraction of sp³-hybridized carbons (Fsp3) is 0.214. The molecule has 20 heavy (non-hydrogen) atoms. The van der Waals surface area contributed by atoms with Gasteiger partial charge in [0.25, 0.3) is 5.56 Å². The van der Waals surface area contributed by atoms with Crippen molar-refractivity contribution in [3.63, 3.8) is 0 Å². The molecule has 0 saturated carbocycles. The van der Waals surface area contributed by atoms with Gasteiger partial charge in [0.05, 0.1) is 5.69 Å². The Morgan fingerprint density at radius 3 is 2.45 bits per heavy atom. The van der Waals surface area contributed by atoms with Crippen molar-refractivity contribution < 1.29 is 4.74 Å². The fourth-order valence-corrected chi connectivity index (χ4v) is 1.70. The average molecular weight is 274 g/mol. The number of nitrogens with zero attached hydrogens (tertiary/aromatic N) is 2. The smallest absolute Gasteiger partial charge is 0.330 e. The van der Waals surface area contributed by atoms with Crippen molar-refractivity contribution in [3.8, 4) is 5.75 Å². The molecule has 0 amide bonds. The molecule has 0 saturated heterocycles. The van der Waals surface area contributed by atoms with Gasteiger partial charge in [-0.3, -0.25) is 18.7 Å². The van der Waals surface area contributed by atoms with E-state index in [1.54, 1.807) is 31.3 Å². The van der Waals surface area contributed by atoms with E-state index in [9.17, 15) is 14.4 Å². The summed E-state index contributed by atoms with van der Waals surface area (Å²) in [6.45, 7) is -0.0267. The van der Waals surface area contributed by atoms with Gasteiger partial charge in [-0.15, -0.1) is 0 Å². The monoisotopic (exact) mass is 274 g/mol. The molecule has 0 unspecified atom stereocenters. The van der Waals surface area contributed by atoms with Gasteiger partial charge >= 0.3 is 5.69 Å². The van der Waals surface area contributed by atoms with Crippen LogP contribution in [0.25, 0.3) is 0 Å². The van der Waals surface area contributed by atoms with Crippen LogP contribution in [0.3, 0.4) is 0 Å². The summed E-state index contributed by atoms with van der Waals surface area (Å²) in [6, 6.07) is 9.25. The zero-order valence-electron chi connectivity index (χ0n) is 11.2. The Kier molecular flexibility index (Phi) is 3.84. The van der Waals surface area contributed by atoms with Gasteiger partial charge in [0, 0.05) is 20.2 Å². The Hall–Kier alpha value is -2.63. The molecule has 0 aliphatic heterocycles. The fourth-order valence-electron chi connectivity index (χ4n) is 1.70. The molecule has 0 N–H and O–H groups in total. The molecule has 0 aliphatic rings. The van der Waals surface area contributed by atoms with E-state index in [0.717, 1.165) is 4.57 Å². The Morgan fingerprint density at radius 1 is 1.00 bits per heavy atom. The molecular formula is C14H14N2O4. The Morgan fingerprint density at radius 2 is 1.70 bits per heavy atom. The third kappa shape index (κ3) is 2.69. The molecule has 2 rings (SSSR count). The molecule has 0 atom stereocenters. The van der Waals surface area contributed by atoms with E-state index in [-0.39, 0.29) is 17.8 Å². The molecule has 6 heteroatoms. The topological polar surface area (TPSA) is 70.3 Å². The number of hydrogen-bond acceptors (Lipinski definition) is 4. The number of ether oxygens (including phenoxy) is 1. The van der Waals surface area contributed by atoms with Crippen LogP contribution in [-0.4, -0.2) is 9.13 Å². The van der Waals surface area contributed by atoms with Crippen LogP contribution in [-0.2, 0) is 20.7 Å². The Bertz CT molecular complexity index is 805. The SMILES string of the molecule is Cn1c(COc2cccccc2=O)cc(=O)n(C)c1=O. The molecule has 0 spiro atoms. The third-order valence-electron chi connectivity index (χ3n) is 2.96. The normalized spacial score (nSPS) is 10.3. The van der Waals surface area contributed by atoms with Crippen LogP contribution in [0, 0.1) is 0 Å². The molecule has 0 fully saturated rings. The van der Waals surface area contributed by atoms with E-state index in [1.165, 1.54) is 23.7 Å². The second-order valence-corrected chi connectivity index (χ2v) is 4.30. The number of aromatic nitrogens is 2. The van der Waals surface area contributed by atoms with Crippen LogP contribution in [0.2, 0.25) is 0 Å². The lowest BCUT2D eigenvalue weighted by atomic mass is 10.4. The lowest BCUT2D eigenvalue weighted by molar-refractivity contribution is 0.291. The summed E-state index contributed by atoms with van der Waals surface area (Å²) in [5.41, 5.74) is -0.697. The maximum absolute atomic E-state index is 11.7. The predicted molar refractivity (Wildman–Crippen MR) is 74.0 cm³/mol. The summed E-state index contributed by atoms with van der Waals surface area (Å²) in [7, 11) is 2.95. The van der Waals surface area contributed by atoms with Gasteiger partial charge in [-0.05, 0) is 12.1 Å². The highest BCUT2D eigenvalue weighted by atomic mass is 16.5. The van der Waals surface area contributed by atoms with Crippen molar-refractivity contribution in [2.24, 2.45) is 14.1 Å². The predicted octanol–water partition coefficient (Wildman–Crippen LogP) is 0.0232. The van der Waals surface area contributed by atoms with Gasteiger partial charge in [-0.2, -0.15) is 0 Å². The molecule has 1 aromatic carbocycles. The van der Waals surface area contributed by atoms with E-state index >= 15 is 0 Å². The lowest BCUT2D eigenvalue weighted by Gasteiger charge is -2.09. The molecule has 2 aromatic rings. The summed E-state index contributed by atoms with van der Waals surface area (Å²) in [5.74, 6) is 0.170. The molecule has 0 aliphatic carbocycles. The maximum atomic E-state index is 11.7. The largest absolute Gasteiger partial charge is 0.483 e. The van der Waals surface area contributed by atoms with Crippen molar-refractivity contribution in [1.82, 2.24) is 9.13 Å². The van der Waals surface area contributed by atoms with E-state index < -0.39 is 11.2 Å². The van der Waals surface area contributed by atoms with Crippen LogP contribution in [0.4, 0.5) is 0 Å². The zero-order chi connectivity index (χ0) is 14.7. The van der Waals surface area contributed by atoms with Crippen molar-refractivity contribution in [3.05, 3.63) is 73.2 Å². The van der Waals surface area contributed by atoms with E-state index in [2.05, 4.69) is 0 Å². The summed E-state index contributed by atoms with van der Waals surface area (Å²) in [5, 5.41) is 0. The minimum atomic E-state index is -0.433. The van der Waals surface area contributed by atoms with Gasteiger partial charge in [0.15, 0.2) is 5.75 Å². The first-order valence-electron chi connectivity index (χ1n) is 5.99. The minimum Gasteiger partial charge on any atom is -0.483 e. The summed E-state index contributed by atoms with van der Waals surface area (Å²) in [6.07, 6.45) is 0. The second-order valence-electron chi connectivity index (χ2n) is 4.30. The highest BCUT2D eigenvalue weighted by Crippen LogP contribution is 2.04. The highest BCUT2D eigenvalue weighted by Gasteiger charge is 2.07. The molecular weight excluding hydrogens is 260 g/mol. The van der Waals surface area contributed by atoms with Crippen molar-refractivity contribution in [2.75, 3.05) is 0 Å². The van der Waals surface area contributed by atoms with Gasteiger partial charge in [-0.1, -0.05) is 18.2 Å². The summed E-state index contributed by atoms with van der Waals surface area (Å²) in [4.78, 5) is 35.0. The lowest BCUT2D eigenvalue weighted by Crippen LogP contribution is -2.38. The summed E-state index contributed by atoms with van der Waals surface area (Å²) >= 11 is 0. The first-order valence-corrected chi connectivity index (χ1v) is 5.99. The standard InChI is InChI=1S/C14H14N2O4/c1-15-10(8-13(18)16(2)14(15)19)9-20-12-7-5-3-4-6-11(12)17/h3-8H,9H2,1-2H3. The molecule has 0 bridgehead atoms. The van der Waals surface area contributed by atoms with E-state index in [0.29, 0.717) is 5.69 Å². The van der Waals surface area contributed by atoms with E-state index in [4.69, 9.17) is 4.74 Å². The Labute approximate surface area is 114 Å². The molecule has 1 aromatic heterocycles. The van der Waals surface area contributed by atoms with Crippen molar-refractivity contribution in [1.29, 1.82) is 0 Å². The first kappa shape index (κ1) is 13.8. The molecule has 104 valence electrons. The van der Waals surface area contributed by atoms with Crippen LogP contribution in [0.1, 0.15) is 5.69 Å². The number of rotatable bonds is 3. The van der Waals surface area contributed by atoms with Gasteiger partial charge in [-0.25, -0.2) is 4.79 Å². The van der Waals surface area contributed by atoms with Crippen LogP contribution in [0.15, 0.2) is 50.8 Å². The van der Waals surface area contributed by atoms with Gasteiger partial charge in [0.2, 0.25) is 5.43 Å². The second kappa shape index (κ2) is 5.56.